The Morgan fingerprint density at radius 2 is 2.22 bits per heavy atom. The van der Waals surface area contributed by atoms with Gasteiger partial charge < -0.3 is 20.1 Å². The molecule has 126 valence electrons. The average Bonchev–Trinajstić information content (AvgIpc) is 2.89. The number of piperidine rings is 1. The molecule has 3 aliphatic rings. The first-order chi connectivity index (χ1) is 11.0. The van der Waals surface area contributed by atoms with Crippen molar-refractivity contribution in [3.63, 3.8) is 0 Å². The molecular formula is C16H23N3O4. The summed E-state index contributed by atoms with van der Waals surface area (Å²) in [7, 11) is 0. The van der Waals surface area contributed by atoms with Gasteiger partial charge in [-0.2, -0.15) is 0 Å². The molecule has 0 aromatic carbocycles. The van der Waals surface area contributed by atoms with E-state index in [0.29, 0.717) is 6.04 Å². The van der Waals surface area contributed by atoms with Gasteiger partial charge in [0.05, 0.1) is 24.2 Å². The van der Waals surface area contributed by atoms with Crippen LogP contribution in [0.25, 0.3) is 0 Å². The van der Waals surface area contributed by atoms with Crippen molar-refractivity contribution in [1.82, 2.24) is 10.2 Å². The highest BCUT2D eigenvalue weighted by atomic mass is 16.5. The lowest BCUT2D eigenvalue weighted by atomic mass is 9.89. The third-order valence-electron chi connectivity index (χ3n) is 4.03. The van der Waals surface area contributed by atoms with Crippen molar-refractivity contribution in [2.45, 2.75) is 45.2 Å². The van der Waals surface area contributed by atoms with Gasteiger partial charge in [-0.05, 0) is 26.2 Å². The zero-order chi connectivity index (χ0) is 17.0. The Balaban J connectivity index is 0.000000433. The molecule has 0 unspecified atom stereocenters. The van der Waals surface area contributed by atoms with Gasteiger partial charge in [0, 0.05) is 12.6 Å². The van der Waals surface area contributed by atoms with Crippen LogP contribution in [-0.2, 0) is 14.3 Å². The lowest BCUT2D eigenvalue weighted by molar-refractivity contribution is -0.139. The number of ether oxygens (including phenoxy) is 1. The van der Waals surface area contributed by atoms with Gasteiger partial charge in [0.1, 0.15) is 6.61 Å². The van der Waals surface area contributed by atoms with Crippen molar-refractivity contribution in [2.75, 3.05) is 13.2 Å². The van der Waals surface area contributed by atoms with E-state index >= 15 is 0 Å². The highest BCUT2D eigenvalue weighted by Gasteiger charge is 2.44. The van der Waals surface area contributed by atoms with E-state index in [1.54, 1.807) is 6.08 Å². The Morgan fingerprint density at radius 3 is 2.87 bits per heavy atom. The van der Waals surface area contributed by atoms with Crippen LogP contribution in [0, 0.1) is 0 Å². The number of nitrogens with one attached hydrogen (secondary N) is 1. The Kier molecular flexibility index (Phi) is 5.41. The summed E-state index contributed by atoms with van der Waals surface area (Å²) in [5.74, 6) is -0.144. The standard InChI is InChI=1S/C14H19N3O2.C2H4O2/c1-3-7-19-13(18)12-9(2)16-14-15-8-10-5-4-6-11(12)17(10)14;1-2(3)4/h3,10-11H,1,4-8H2,2H3,(H,15,16);1H3,(H,3,4)/t10-,11+;/m0./s1. The van der Waals surface area contributed by atoms with E-state index in [2.05, 4.69) is 21.8 Å². The number of esters is 1. The van der Waals surface area contributed by atoms with Crippen LogP contribution in [0.1, 0.15) is 33.1 Å². The Hall–Kier alpha value is -2.31. The molecule has 0 aromatic heterocycles. The van der Waals surface area contributed by atoms with E-state index in [-0.39, 0.29) is 18.6 Å². The van der Waals surface area contributed by atoms with Crippen molar-refractivity contribution in [2.24, 2.45) is 4.99 Å². The zero-order valence-electron chi connectivity index (χ0n) is 13.5. The van der Waals surface area contributed by atoms with E-state index < -0.39 is 5.97 Å². The molecule has 2 N–H and O–H groups in total. The number of aliphatic imine (C=N–C) groups is 1. The molecule has 0 radical (unpaired) electrons. The van der Waals surface area contributed by atoms with Gasteiger partial charge in [0.25, 0.3) is 5.97 Å². The lowest BCUT2D eigenvalue weighted by Gasteiger charge is -2.43. The molecule has 7 heteroatoms. The lowest BCUT2D eigenvalue weighted by Crippen LogP contribution is -2.57. The summed E-state index contributed by atoms with van der Waals surface area (Å²) in [5, 5.41) is 10.7. The van der Waals surface area contributed by atoms with Crippen molar-refractivity contribution >= 4 is 17.9 Å². The number of hydrogen-bond donors (Lipinski definition) is 2. The van der Waals surface area contributed by atoms with Gasteiger partial charge in [-0.15, -0.1) is 0 Å². The molecule has 0 aliphatic carbocycles. The monoisotopic (exact) mass is 321 g/mol. The van der Waals surface area contributed by atoms with E-state index in [0.717, 1.165) is 50.0 Å². The minimum absolute atomic E-state index is 0.124. The predicted molar refractivity (Wildman–Crippen MR) is 85.9 cm³/mol. The minimum atomic E-state index is -0.833. The van der Waals surface area contributed by atoms with Crippen LogP contribution < -0.4 is 5.32 Å². The van der Waals surface area contributed by atoms with Crippen molar-refractivity contribution in [1.29, 1.82) is 0 Å². The number of nitrogens with zero attached hydrogens (tertiary/aromatic N) is 2. The maximum absolute atomic E-state index is 12.2. The summed E-state index contributed by atoms with van der Waals surface area (Å²) in [5.41, 5.74) is 1.63. The SMILES string of the molecule is C=CCOC(=O)C1=C(C)NC2=NC[C@@H]3CCC[C@H]1N23.CC(=O)O. The number of carbonyl (C=O) groups is 2. The number of hydrogen-bond acceptors (Lipinski definition) is 6. The first-order valence-corrected chi connectivity index (χ1v) is 7.73. The van der Waals surface area contributed by atoms with Gasteiger partial charge in [-0.1, -0.05) is 12.7 Å². The van der Waals surface area contributed by atoms with Gasteiger partial charge in [0.2, 0.25) is 0 Å². The molecule has 0 bridgehead atoms. The van der Waals surface area contributed by atoms with E-state index in [1.165, 1.54) is 0 Å². The summed E-state index contributed by atoms with van der Waals surface area (Å²) < 4.78 is 5.22. The molecule has 2 atom stereocenters. The third kappa shape index (κ3) is 3.72. The fourth-order valence-electron chi connectivity index (χ4n) is 3.23. The van der Waals surface area contributed by atoms with Gasteiger partial charge in [0.15, 0.2) is 5.96 Å². The van der Waals surface area contributed by atoms with E-state index in [4.69, 9.17) is 14.6 Å². The van der Waals surface area contributed by atoms with Crippen LogP contribution in [0.15, 0.2) is 28.9 Å². The number of rotatable bonds is 3. The molecule has 3 aliphatic heterocycles. The summed E-state index contributed by atoms with van der Waals surface area (Å²) in [6, 6.07) is 0.565. The number of allylic oxidation sites excluding steroid dienone is 1. The second kappa shape index (κ2) is 7.30. The van der Waals surface area contributed by atoms with Crippen LogP contribution in [0.5, 0.6) is 0 Å². The maximum Gasteiger partial charge on any atom is 0.338 e. The summed E-state index contributed by atoms with van der Waals surface area (Å²) in [4.78, 5) is 28.0. The predicted octanol–water partition coefficient (Wildman–Crippen LogP) is 1.28. The highest BCUT2D eigenvalue weighted by Crippen LogP contribution is 2.34. The summed E-state index contributed by atoms with van der Waals surface area (Å²) in [6.45, 7) is 7.67. The van der Waals surface area contributed by atoms with E-state index in [9.17, 15) is 4.79 Å². The molecule has 1 saturated heterocycles. The highest BCUT2D eigenvalue weighted by molar-refractivity contribution is 5.96. The fraction of sp³-hybridized carbons (Fsp3) is 0.562. The number of guanidine groups is 1. The van der Waals surface area contributed by atoms with Crippen LogP contribution in [0.4, 0.5) is 0 Å². The third-order valence-corrected chi connectivity index (χ3v) is 4.03. The molecule has 1 fully saturated rings. The van der Waals surface area contributed by atoms with Crippen LogP contribution in [0.2, 0.25) is 0 Å². The molecule has 7 nitrogen and oxygen atoms in total. The zero-order valence-corrected chi connectivity index (χ0v) is 13.5. The second-order valence-electron chi connectivity index (χ2n) is 5.74. The number of carbonyl (C=O) groups excluding carboxylic acids is 1. The van der Waals surface area contributed by atoms with Crippen molar-refractivity contribution in [3.8, 4) is 0 Å². The maximum atomic E-state index is 12.2. The Morgan fingerprint density at radius 1 is 1.52 bits per heavy atom. The molecule has 0 amide bonds. The fourth-order valence-corrected chi connectivity index (χ4v) is 3.23. The van der Waals surface area contributed by atoms with Crippen LogP contribution in [0.3, 0.4) is 0 Å². The molecule has 0 spiro atoms. The van der Waals surface area contributed by atoms with E-state index in [1.807, 2.05) is 6.92 Å². The van der Waals surface area contributed by atoms with Gasteiger partial charge in [-0.3, -0.25) is 9.79 Å². The smallest absolute Gasteiger partial charge is 0.338 e. The molecule has 0 aromatic rings. The van der Waals surface area contributed by atoms with Crippen molar-refractivity contribution in [3.05, 3.63) is 23.9 Å². The molecule has 23 heavy (non-hydrogen) atoms. The number of carboxylic acids is 1. The minimum Gasteiger partial charge on any atom is -0.481 e. The van der Waals surface area contributed by atoms with Crippen LogP contribution in [-0.4, -0.2) is 53.1 Å². The normalized spacial score (nSPS) is 24.6. The largest absolute Gasteiger partial charge is 0.481 e. The van der Waals surface area contributed by atoms with Crippen molar-refractivity contribution < 1.29 is 19.4 Å². The second-order valence-corrected chi connectivity index (χ2v) is 5.74. The Bertz CT molecular complexity index is 564. The molecule has 3 heterocycles. The average molecular weight is 321 g/mol. The van der Waals surface area contributed by atoms with Gasteiger partial charge in [-0.25, -0.2) is 4.79 Å². The number of carboxylic acid groups (broad SMARTS) is 1. The quantitative estimate of drug-likeness (QED) is 0.601. The summed E-state index contributed by atoms with van der Waals surface area (Å²) >= 11 is 0. The Labute approximate surface area is 135 Å². The summed E-state index contributed by atoms with van der Waals surface area (Å²) in [6.07, 6.45) is 4.88. The van der Waals surface area contributed by atoms with Crippen LogP contribution >= 0.6 is 0 Å². The first-order valence-electron chi connectivity index (χ1n) is 7.73. The number of aliphatic carboxylic acids is 1. The van der Waals surface area contributed by atoms with Gasteiger partial charge >= 0.3 is 5.97 Å². The molecule has 0 saturated carbocycles. The first kappa shape index (κ1) is 17.1. The molecular weight excluding hydrogens is 298 g/mol. The topological polar surface area (TPSA) is 91.2 Å². The molecule has 3 rings (SSSR count).